The van der Waals surface area contributed by atoms with E-state index < -0.39 is 0 Å². The Balaban J connectivity index is 1.90. The first-order valence-corrected chi connectivity index (χ1v) is 3.70. The van der Waals surface area contributed by atoms with Crippen LogP contribution in [0, 0.1) is 0 Å². The lowest BCUT2D eigenvalue weighted by Gasteiger charge is -2.52. The Morgan fingerprint density at radius 3 is 1.60 bits per heavy atom. The third-order valence-electron chi connectivity index (χ3n) is 2.28. The Morgan fingerprint density at radius 2 is 1.20 bits per heavy atom. The van der Waals surface area contributed by atoms with Crippen molar-refractivity contribution >= 4 is 0 Å². The van der Waals surface area contributed by atoms with Gasteiger partial charge in [0.25, 0.3) is 0 Å². The molecule has 10 heavy (non-hydrogen) atoms. The quantitative estimate of drug-likeness (QED) is 0.260. The fourth-order valence-electron chi connectivity index (χ4n) is 1.86. The van der Waals surface area contributed by atoms with Crippen LogP contribution in [0.3, 0.4) is 0 Å². The summed E-state index contributed by atoms with van der Waals surface area (Å²) in [5.74, 6) is 0. The van der Waals surface area contributed by atoms with Crippen molar-refractivity contribution in [3.05, 3.63) is 0 Å². The molecule has 4 rings (SSSR count). The van der Waals surface area contributed by atoms with Gasteiger partial charge in [0, 0.05) is 6.42 Å². The maximum absolute atomic E-state index is 3.34. The summed E-state index contributed by atoms with van der Waals surface area (Å²) in [6.07, 6.45) is 2.70. The Labute approximate surface area is 58.9 Å². The molecule has 0 aliphatic carbocycles. The molecular formula is C5H11N5. The fourth-order valence-corrected chi connectivity index (χ4v) is 1.86. The molecule has 0 unspecified atom stereocenters. The van der Waals surface area contributed by atoms with E-state index >= 15 is 0 Å². The van der Waals surface area contributed by atoms with Gasteiger partial charge in [-0.3, -0.25) is 26.6 Å². The van der Waals surface area contributed by atoms with Crippen molar-refractivity contribution in [1.82, 2.24) is 26.6 Å². The maximum Gasteiger partial charge on any atom is 0.116 e. The number of hydrogen-bond acceptors (Lipinski definition) is 5. The molecule has 0 spiro atoms. The van der Waals surface area contributed by atoms with Gasteiger partial charge >= 0.3 is 0 Å². The van der Waals surface area contributed by atoms with Crippen LogP contribution in [0.5, 0.6) is 0 Å². The van der Waals surface area contributed by atoms with Gasteiger partial charge in [0.1, 0.15) is 12.6 Å². The van der Waals surface area contributed by atoms with Crippen LogP contribution in [0.1, 0.15) is 6.42 Å². The Morgan fingerprint density at radius 1 is 0.700 bits per heavy atom. The standard InChI is InChI=1S/C5H11N5/c1-2-6-4-8-3(1)9-5(7-2)10-4/h2-10H,1H2. The first-order chi connectivity index (χ1) is 4.90. The van der Waals surface area contributed by atoms with Crippen molar-refractivity contribution in [2.24, 2.45) is 0 Å². The lowest BCUT2D eigenvalue weighted by atomic mass is 10.1. The molecule has 4 bridgehead atoms. The van der Waals surface area contributed by atoms with Crippen LogP contribution in [0.2, 0.25) is 0 Å². The van der Waals surface area contributed by atoms with Gasteiger partial charge in [-0.1, -0.05) is 0 Å². The Bertz CT molecular complexity index is 102. The summed E-state index contributed by atoms with van der Waals surface area (Å²) in [5, 5.41) is 16.6. The number of nitrogens with one attached hydrogen (secondary N) is 5. The second-order valence-electron chi connectivity index (χ2n) is 3.04. The van der Waals surface area contributed by atoms with E-state index in [2.05, 4.69) is 26.6 Å². The maximum atomic E-state index is 3.34. The second-order valence-corrected chi connectivity index (χ2v) is 3.04. The van der Waals surface area contributed by atoms with Gasteiger partial charge in [-0.2, -0.15) is 0 Å². The zero-order valence-corrected chi connectivity index (χ0v) is 5.52. The molecule has 0 atom stereocenters. The van der Waals surface area contributed by atoms with Crippen LogP contribution >= 0.6 is 0 Å². The summed E-state index contributed by atoms with van der Waals surface area (Å²) < 4.78 is 0. The average molecular weight is 141 g/mol. The van der Waals surface area contributed by atoms with Gasteiger partial charge in [-0.15, -0.1) is 0 Å². The topological polar surface area (TPSA) is 60.1 Å². The molecule has 0 aromatic rings. The molecule has 4 saturated heterocycles. The summed E-state index contributed by atoms with van der Waals surface area (Å²) in [5.41, 5.74) is 0. The second kappa shape index (κ2) is 1.69. The minimum atomic E-state index is 0.302. The van der Waals surface area contributed by atoms with E-state index in [4.69, 9.17) is 0 Å². The fraction of sp³-hybridized carbons (Fsp3) is 1.00. The van der Waals surface area contributed by atoms with Gasteiger partial charge in [0.05, 0.1) is 12.3 Å². The van der Waals surface area contributed by atoms with Crippen LogP contribution in [0.25, 0.3) is 0 Å². The van der Waals surface area contributed by atoms with Gasteiger partial charge in [0.2, 0.25) is 0 Å². The first-order valence-electron chi connectivity index (χ1n) is 3.70. The summed E-state index contributed by atoms with van der Waals surface area (Å²) in [6, 6.07) is 0. The van der Waals surface area contributed by atoms with E-state index in [-0.39, 0.29) is 0 Å². The van der Waals surface area contributed by atoms with E-state index in [9.17, 15) is 0 Å². The normalized spacial score (nSPS) is 57.6. The highest BCUT2D eigenvalue weighted by atomic mass is 15.6. The van der Waals surface area contributed by atoms with Gasteiger partial charge < -0.3 is 0 Å². The molecule has 0 aromatic heterocycles. The first kappa shape index (κ1) is 5.45. The van der Waals surface area contributed by atoms with Crippen LogP contribution in [0.15, 0.2) is 0 Å². The molecule has 0 amide bonds. The molecule has 4 fully saturated rings. The lowest BCUT2D eigenvalue weighted by Crippen LogP contribution is -2.86. The smallest absolute Gasteiger partial charge is 0.116 e. The van der Waals surface area contributed by atoms with E-state index in [1.165, 1.54) is 0 Å². The lowest BCUT2D eigenvalue weighted by molar-refractivity contribution is 0.0145. The monoisotopic (exact) mass is 141 g/mol. The van der Waals surface area contributed by atoms with Crippen molar-refractivity contribution in [2.75, 3.05) is 0 Å². The van der Waals surface area contributed by atoms with E-state index in [1.807, 2.05) is 0 Å². The van der Waals surface area contributed by atoms with Crippen LogP contribution in [-0.4, -0.2) is 24.9 Å². The zero-order chi connectivity index (χ0) is 6.55. The molecule has 4 heterocycles. The van der Waals surface area contributed by atoms with E-state index in [1.54, 1.807) is 0 Å². The third kappa shape index (κ3) is 0.637. The van der Waals surface area contributed by atoms with Crippen molar-refractivity contribution in [1.29, 1.82) is 0 Å². The van der Waals surface area contributed by atoms with Gasteiger partial charge in [-0.25, -0.2) is 0 Å². The summed E-state index contributed by atoms with van der Waals surface area (Å²) >= 11 is 0. The minimum Gasteiger partial charge on any atom is -0.274 e. The van der Waals surface area contributed by atoms with Gasteiger partial charge in [0.15, 0.2) is 0 Å². The molecule has 5 N–H and O–H groups in total. The minimum absolute atomic E-state index is 0.302. The van der Waals surface area contributed by atoms with E-state index in [0.717, 1.165) is 6.42 Å². The zero-order valence-electron chi connectivity index (χ0n) is 5.52. The summed E-state index contributed by atoms with van der Waals surface area (Å²) in [4.78, 5) is 0. The van der Waals surface area contributed by atoms with Crippen LogP contribution in [-0.2, 0) is 0 Å². The highest BCUT2D eigenvalue weighted by molar-refractivity contribution is 4.95. The van der Waals surface area contributed by atoms with Crippen molar-refractivity contribution in [2.45, 2.75) is 31.3 Å². The number of rotatable bonds is 0. The molecule has 5 nitrogen and oxygen atoms in total. The summed E-state index contributed by atoms with van der Waals surface area (Å²) in [7, 11) is 0. The van der Waals surface area contributed by atoms with Crippen LogP contribution in [0.4, 0.5) is 0 Å². The van der Waals surface area contributed by atoms with Crippen LogP contribution < -0.4 is 26.6 Å². The molecule has 0 radical (unpaired) electrons. The molecule has 0 saturated carbocycles. The molecule has 4 aliphatic heterocycles. The Kier molecular flexibility index (Phi) is 0.921. The number of hydrogen-bond donors (Lipinski definition) is 5. The third-order valence-corrected chi connectivity index (χ3v) is 2.28. The van der Waals surface area contributed by atoms with E-state index in [0.29, 0.717) is 24.9 Å². The van der Waals surface area contributed by atoms with Crippen molar-refractivity contribution in [3.8, 4) is 0 Å². The molecule has 5 heteroatoms. The SMILES string of the molecule is C1C2NC3NC1NC(N2)N3. The molecule has 4 aliphatic rings. The summed E-state index contributed by atoms with van der Waals surface area (Å²) in [6.45, 7) is 0. The molecular weight excluding hydrogens is 130 g/mol. The average Bonchev–Trinajstić information content (AvgIpc) is 1.82. The molecule has 0 aromatic carbocycles. The largest absolute Gasteiger partial charge is 0.274 e. The predicted octanol–water partition coefficient (Wildman–Crippen LogP) is -2.42. The Hall–Kier alpha value is -0.200. The van der Waals surface area contributed by atoms with Crippen molar-refractivity contribution < 1.29 is 0 Å². The van der Waals surface area contributed by atoms with Crippen molar-refractivity contribution in [3.63, 3.8) is 0 Å². The highest BCUT2D eigenvalue weighted by Gasteiger charge is 2.40. The van der Waals surface area contributed by atoms with Gasteiger partial charge in [-0.05, 0) is 0 Å². The predicted molar refractivity (Wildman–Crippen MR) is 35.4 cm³/mol. The molecule has 56 valence electrons. The highest BCUT2D eigenvalue weighted by Crippen LogP contribution is 2.11.